The number of hydrogen-bond acceptors (Lipinski definition) is 5. The molecule has 0 aromatic heterocycles. The molecule has 0 aromatic carbocycles. The first-order valence-corrected chi connectivity index (χ1v) is 4.04. The van der Waals surface area contributed by atoms with Gasteiger partial charge in [-0.15, -0.1) is 0 Å². The number of carboxylic acids is 1. The fraction of sp³-hybridized carbons (Fsp3) is 0.500. The standard InChI is InChI=1S/C6H7O6P/c1-3(7)12-4(2-5(8)9)6(10)13-11/h4H,2H2,1H3,(H,8,9)/t4-/m0/s1. The Morgan fingerprint density at radius 2 is 2.00 bits per heavy atom. The van der Waals surface area contributed by atoms with Gasteiger partial charge in [-0.25, -0.2) is 0 Å². The second-order valence-corrected chi connectivity index (χ2v) is 2.75. The van der Waals surface area contributed by atoms with Crippen molar-refractivity contribution in [3.63, 3.8) is 0 Å². The number of carbonyl (C=O) groups excluding carboxylic acids is 2. The van der Waals surface area contributed by atoms with Crippen LogP contribution in [0.15, 0.2) is 0 Å². The lowest BCUT2D eigenvalue weighted by molar-refractivity contribution is -0.154. The van der Waals surface area contributed by atoms with Gasteiger partial charge in [0.15, 0.2) is 6.10 Å². The molecule has 0 aliphatic rings. The molecule has 0 aromatic rings. The quantitative estimate of drug-likeness (QED) is 0.510. The van der Waals surface area contributed by atoms with Crippen molar-refractivity contribution in [3.8, 4) is 0 Å². The highest BCUT2D eigenvalue weighted by Gasteiger charge is 2.24. The molecule has 0 bridgehead atoms. The Labute approximate surface area is 75.1 Å². The molecule has 0 amide bonds. The van der Waals surface area contributed by atoms with Gasteiger partial charge in [0.1, 0.15) is 0 Å². The van der Waals surface area contributed by atoms with Gasteiger partial charge in [-0.2, -0.15) is 0 Å². The highest BCUT2D eigenvalue weighted by Crippen LogP contribution is 2.09. The average Bonchev–Trinajstić information content (AvgIpc) is 2.00. The maximum absolute atomic E-state index is 10.7. The Kier molecular flexibility index (Phi) is 4.84. The van der Waals surface area contributed by atoms with Crippen molar-refractivity contribution in [2.75, 3.05) is 0 Å². The number of carbonyl (C=O) groups is 3. The molecule has 0 aliphatic heterocycles. The molecule has 72 valence electrons. The monoisotopic (exact) mass is 206 g/mol. The summed E-state index contributed by atoms with van der Waals surface area (Å²) in [4.78, 5) is 31.3. The number of esters is 1. The highest BCUT2D eigenvalue weighted by atomic mass is 31.1. The van der Waals surface area contributed by atoms with Crippen LogP contribution < -0.4 is 0 Å². The van der Waals surface area contributed by atoms with Crippen molar-refractivity contribution in [2.24, 2.45) is 0 Å². The van der Waals surface area contributed by atoms with Gasteiger partial charge >= 0.3 is 11.9 Å². The van der Waals surface area contributed by atoms with E-state index in [1.807, 2.05) is 0 Å². The summed E-state index contributed by atoms with van der Waals surface area (Å²) in [6.45, 7) is 1.03. The smallest absolute Gasteiger partial charge is 0.307 e. The van der Waals surface area contributed by atoms with E-state index in [4.69, 9.17) is 5.11 Å². The van der Waals surface area contributed by atoms with E-state index in [2.05, 4.69) is 4.74 Å². The van der Waals surface area contributed by atoms with Crippen molar-refractivity contribution >= 4 is 25.9 Å². The van der Waals surface area contributed by atoms with Crippen LogP contribution in [0.3, 0.4) is 0 Å². The van der Waals surface area contributed by atoms with E-state index in [-0.39, 0.29) is 0 Å². The number of carboxylic acid groups (broad SMARTS) is 1. The first-order valence-electron chi connectivity index (χ1n) is 3.23. The summed E-state index contributed by atoms with van der Waals surface area (Å²) in [6, 6.07) is 0. The molecule has 0 fully saturated rings. The fourth-order valence-corrected chi connectivity index (χ4v) is 0.859. The van der Waals surface area contributed by atoms with Crippen LogP contribution in [0.2, 0.25) is 0 Å². The third kappa shape index (κ3) is 5.03. The first kappa shape index (κ1) is 11.7. The maximum Gasteiger partial charge on any atom is 0.307 e. The van der Waals surface area contributed by atoms with Crippen LogP contribution in [0.25, 0.3) is 0 Å². The SMILES string of the molecule is CC(=O)O[C@@H](CC(=O)O)C(=O)P=O. The van der Waals surface area contributed by atoms with E-state index in [0.29, 0.717) is 0 Å². The molecule has 1 N–H and O–H groups in total. The summed E-state index contributed by atoms with van der Waals surface area (Å²) in [5.41, 5.74) is -0.961. The molecule has 0 aliphatic carbocycles. The minimum atomic E-state index is -1.46. The summed E-state index contributed by atoms with van der Waals surface area (Å²) < 4.78 is 14.4. The van der Waals surface area contributed by atoms with E-state index >= 15 is 0 Å². The Balaban J connectivity index is 4.35. The minimum Gasteiger partial charge on any atom is -0.481 e. The lowest BCUT2D eigenvalue weighted by atomic mass is 10.3. The van der Waals surface area contributed by atoms with Gasteiger partial charge in [-0.1, -0.05) is 0 Å². The lowest BCUT2D eigenvalue weighted by Gasteiger charge is -2.09. The summed E-state index contributed by atoms with van der Waals surface area (Å²) in [5.74, 6) is -2.09. The van der Waals surface area contributed by atoms with E-state index in [1.54, 1.807) is 0 Å². The zero-order valence-electron chi connectivity index (χ0n) is 6.72. The zero-order valence-corrected chi connectivity index (χ0v) is 7.61. The molecule has 6 nitrogen and oxygen atoms in total. The van der Waals surface area contributed by atoms with Crippen molar-refractivity contribution in [1.29, 1.82) is 0 Å². The summed E-state index contributed by atoms with van der Waals surface area (Å²) in [6.07, 6.45) is -2.14. The summed E-state index contributed by atoms with van der Waals surface area (Å²) in [7, 11) is -0.866. The van der Waals surface area contributed by atoms with Crippen molar-refractivity contribution in [1.82, 2.24) is 0 Å². The van der Waals surface area contributed by atoms with Crippen LogP contribution in [-0.4, -0.2) is 28.7 Å². The number of hydrogen-bond donors (Lipinski definition) is 1. The van der Waals surface area contributed by atoms with Gasteiger partial charge in [-0.3, -0.25) is 18.9 Å². The minimum absolute atomic E-state index is 0.673. The predicted octanol–water partition coefficient (Wildman–Crippen LogP) is 0.211. The highest BCUT2D eigenvalue weighted by molar-refractivity contribution is 7.46. The molecular weight excluding hydrogens is 199 g/mol. The van der Waals surface area contributed by atoms with E-state index < -0.39 is 38.4 Å². The van der Waals surface area contributed by atoms with Crippen LogP contribution in [0, 0.1) is 0 Å². The summed E-state index contributed by atoms with van der Waals surface area (Å²) in [5, 5.41) is 8.29. The third-order valence-corrected chi connectivity index (χ3v) is 1.50. The Morgan fingerprint density at radius 1 is 1.46 bits per heavy atom. The van der Waals surface area contributed by atoms with Crippen molar-refractivity contribution in [3.05, 3.63) is 0 Å². The van der Waals surface area contributed by atoms with Crippen molar-refractivity contribution < 1.29 is 28.8 Å². The third-order valence-electron chi connectivity index (χ3n) is 1.03. The van der Waals surface area contributed by atoms with Crippen LogP contribution >= 0.6 is 8.46 Å². The van der Waals surface area contributed by atoms with E-state index in [0.717, 1.165) is 6.92 Å². The molecule has 0 spiro atoms. The summed E-state index contributed by atoms with van der Waals surface area (Å²) >= 11 is 0. The predicted molar refractivity (Wildman–Crippen MR) is 40.4 cm³/mol. The van der Waals surface area contributed by atoms with Gasteiger partial charge in [0, 0.05) is 6.92 Å². The Morgan fingerprint density at radius 3 is 2.31 bits per heavy atom. The second-order valence-electron chi connectivity index (χ2n) is 2.13. The zero-order chi connectivity index (χ0) is 10.4. The van der Waals surface area contributed by atoms with E-state index in [9.17, 15) is 18.9 Å². The molecule has 0 rings (SSSR count). The molecule has 1 atom stereocenters. The van der Waals surface area contributed by atoms with Crippen molar-refractivity contribution in [2.45, 2.75) is 19.4 Å². The molecule has 13 heavy (non-hydrogen) atoms. The Hall–Kier alpha value is -1.29. The number of aliphatic carboxylic acids is 1. The molecule has 0 unspecified atom stereocenters. The van der Waals surface area contributed by atoms with Gasteiger partial charge in [0.25, 0.3) is 5.52 Å². The largest absolute Gasteiger partial charge is 0.481 e. The number of rotatable bonds is 5. The lowest BCUT2D eigenvalue weighted by Crippen LogP contribution is -2.25. The van der Waals surface area contributed by atoms with Crippen LogP contribution in [0.4, 0.5) is 0 Å². The molecule has 0 heterocycles. The van der Waals surface area contributed by atoms with Gasteiger partial charge in [0.05, 0.1) is 6.42 Å². The normalized spacial score (nSPS) is 12.1. The van der Waals surface area contributed by atoms with Crippen LogP contribution in [0.1, 0.15) is 13.3 Å². The molecule has 0 saturated heterocycles. The first-order chi connectivity index (χ1) is 5.97. The second kappa shape index (κ2) is 5.37. The fourth-order valence-electron chi connectivity index (χ4n) is 0.597. The topological polar surface area (TPSA) is 97.7 Å². The van der Waals surface area contributed by atoms with E-state index in [1.165, 1.54) is 0 Å². The molecule has 7 heteroatoms. The van der Waals surface area contributed by atoms with Gasteiger partial charge in [-0.05, 0) is 0 Å². The van der Waals surface area contributed by atoms with Crippen LogP contribution in [-0.2, 0) is 23.7 Å². The maximum atomic E-state index is 10.7. The number of ether oxygens (including phenoxy) is 1. The average molecular weight is 206 g/mol. The van der Waals surface area contributed by atoms with Gasteiger partial charge in [0.2, 0.25) is 8.46 Å². The van der Waals surface area contributed by atoms with Gasteiger partial charge < -0.3 is 9.84 Å². The molecule has 0 radical (unpaired) electrons. The Bertz CT molecular complexity index is 232. The van der Waals surface area contributed by atoms with Crippen LogP contribution in [0.5, 0.6) is 0 Å². The molecule has 0 saturated carbocycles. The molecular formula is C6H7O6P.